The Morgan fingerprint density at radius 1 is 1.18 bits per heavy atom. The highest BCUT2D eigenvalue weighted by molar-refractivity contribution is 5.35. The van der Waals surface area contributed by atoms with E-state index in [1.807, 2.05) is 0 Å². The number of nitrogens with zero attached hydrogens (tertiary/aromatic N) is 1. The first kappa shape index (κ1) is 12.6. The lowest BCUT2D eigenvalue weighted by molar-refractivity contribution is 0.167. The van der Waals surface area contributed by atoms with E-state index >= 15 is 0 Å². The molecular weight excluding hydrogens is 208 g/mol. The third kappa shape index (κ3) is 2.70. The first-order valence-electron chi connectivity index (χ1n) is 6.74. The van der Waals surface area contributed by atoms with Crippen LogP contribution >= 0.6 is 0 Å². The lowest BCUT2D eigenvalue weighted by Gasteiger charge is -2.35. The monoisotopic (exact) mass is 232 g/mol. The van der Waals surface area contributed by atoms with Crippen molar-refractivity contribution >= 4 is 0 Å². The summed E-state index contributed by atoms with van der Waals surface area (Å²) in [5.74, 6) is 0. The highest BCUT2D eigenvalue weighted by Gasteiger charge is 2.22. The predicted molar refractivity (Wildman–Crippen MR) is 73.1 cm³/mol. The number of nitrogens with two attached hydrogens (primary N) is 1. The van der Waals surface area contributed by atoms with Gasteiger partial charge in [-0.05, 0) is 56.5 Å². The Morgan fingerprint density at radius 2 is 1.88 bits per heavy atom. The van der Waals surface area contributed by atoms with Gasteiger partial charge >= 0.3 is 0 Å². The van der Waals surface area contributed by atoms with Crippen molar-refractivity contribution < 1.29 is 0 Å². The van der Waals surface area contributed by atoms with Crippen molar-refractivity contribution in [3.63, 3.8) is 0 Å². The second kappa shape index (κ2) is 5.65. The molecule has 2 heteroatoms. The lowest BCUT2D eigenvalue weighted by Crippen LogP contribution is -2.37. The molecule has 1 atom stereocenters. The molecule has 1 aliphatic heterocycles. The fourth-order valence-corrected chi connectivity index (χ4v) is 2.84. The number of likely N-dealkylation sites (tertiary alicyclic amines) is 1. The Bertz CT molecular complexity index is 367. The molecule has 17 heavy (non-hydrogen) atoms. The van der Waals surface area contributed by atoms with Crippen molar-refractivity contribution in [1.82, 2.24) is 4.90 Å². The SMILES string of the molecule is Cc1cccc(C(CN)N2CCCCC2)c1C. The minimum absolute atomic E-state index is 0.412. The number of hydrogen-bond donors (Lipinski definition) is 1. The summed E-state index contributed by atoms with van der Waals surface area (Å²) < 4.78 is 0. The number of piperidine rings is 1. The molecule has 94 valence electrons. The van der Waals surface area contributed by atoms with Crippen LogP contribution in [-0.4, -0.2) is 24.5 Å². The van der Waals surface area contributed by atoms with E-state index in [9.17, 15) is 0 Å². The lowest BCUT2D eigenvalue weighted by atomic mass is 9.95. The zero-order chi connectivity index (χ0) is 12.3. The van der Waals surface area contributed by atoms with Crippen molar-refractivity contribution in [2.24, 2.45) is 5.73 Å². The van der Waals surface area contributed by atoms with E-state index in [4.69, 9.17) is 5.73 Å². The molecule has 1 unspecified atom stereocenters. The number of aryl methyl sites for hydroxylation is 1. The van der Waals surface area contributed by atoms with Crippen molar-refractivity contribution in [2.75, 3.05) is 19.6 Å². The maximum Gasteiger partial charge on any atom is 0.0473 e. The van der Waals surface area contributed by atoms with E-state index in [-0.39, 0.29) is 0 Å². The van der Waals surface area contributed by atoms with Crippen LogP contribution in [0.3, 0.4) is 0 Å². The summed E-state index contributed by atoms with van der Waals surface area (Å²) >= 11 is 0. The van der Waals surface area contributed by atoms with Gasteiger partial charge in [-0.25, -0.2) is 0 Å². The predicted octanol–water partition coefficient (Wildman–Crippen LogP) is 2.79. The van der Waals surface area contributed by atoms with Crippen LogP contribution in [0.1, 0.15) is 42.0 Å². The molecule has 2 nitrogen and oxygen atoms in total. The maximum absolute atomic E-state index is 6.01. The summed E-state index contributed by atoms with van der Waals surface area (Å²) in [5, 5.41) is 0. The summed E-state index contributed by atoms with van der Waals surface area (Å²) in [5.41, 5.74) is 10.2. The fourth-order valence-electron chi connectivity index (χ4n) is 2.84. The van der Waals surface area contributed by atoms with E-state index in [0.29, 0.717) is 6.04 Å². The van der Waals surface area contributed by atoms with E-state index in [0.717, 1.165) is 6.54 Å². The van der Waals surface area contributed by atoms with Crippen LogP contribution in [-0.2, 0) is 0 Å². The van der Waals surface area contributed by atoms with E-state index in [1.165, 1.54) is 49.0 Å². The van der Waals surface area contributed by atoms with Crippen LogP contribution < -0.4 is 5.73 Å². The van der Waals surface area contributed by atoms with Crippen LogP contribution in [0.5, 0.6) is 0 Å². The average Bonchev–Trinajstić information content (AvgIpc) is 2.37. The van der Waals surface area contributed by atoms with Crippen LogP contribution in [0.25, 0.3) is 0 Å². The second-order valence-electron chi connectivity index (χ2n) is 5.14. The molecule has 1 fully saturated rings. The van der Waals surface area contributed by atoms with Crippen LogP contribution in [0.15, 0.2) is 18.2 Å². The minimum atomic E-state index is 0.412. The second-order valence-corrected chi connectivity index (χ2v) is 5.14. The van der Waals surface area contributed by atoms with E-state index in [1.54, 1.807) is 0 Å². The maximum atomic E-state index is 6.01. The summed E-state index contributed by atoms with van der Waals surface area (Å²) in [4.78, 5) is 2.56. The van der Waals surface area contributed by atoms with Gasteiger partial charge < -0.3 is 5.73 Å². The first-order valence-corrected chi connectivity index (χ1v) is 6.74. The van der Waals surface area contributed by atoms with E-state index < -0.39 is 0 Å². The topological polar surface area (TPSA) is 29.3 Å². The number of benzene rings is 1. The molecule has 1 heterocycles. The third-order valence-corrected chi connectivity index (χ3v) is 4.06. The Morgan fingerprint density at radius 3 is 2.53 bits per heavy atom. The number of hydrogen-bond acceptors (Lipinski definition) is 2. The van der Waals surface area contributed by atoms with Gasteiger partial charge in [0.15, 0.2) is 0 Å². The van der Waals surface area contributed by atoms with Gasteiger partial charge in [0.1, 0.15) is 0 Å². The van der Waals surface area contributed by atoms with Crippen molar-refractivity contribution in [1.29, 1.82) is 0 Å². The van der Waals surface area contributed by atoms with Gasteiger partial charge in [0.2, 0.25) is 0 Å². The highest BCUT2D eigenvalue weighted by atomic mass is 15.2. The smallest absolute Gasteiger partial charge is 0.0473 e. The molecule has 1 aromatic carbocycles. The molecule has 1 saturated heterocycles. The standard InChI is InChI=1S/C15H24N2/c1-12-7-6-8-14(13(12)2)15(11-16)17-9-4-3-5-10-17/h6-8,15H,3-5,9-11,16H2,1-2H3. The molecule has 2 rings (SSSR count). The normalized spacial score (nSPS) is 19.2. The van der Waals surface area contributed by atoms with Gasteiger partial charge in [0.05, 0.1) is 0 Å². The largest absolute Gasteiger partial charge is 0.329 e. The molecule has 0 radical (unpaired) electrons. The molecule has 1 aliphatic rings. The molecule has 0 bridgehead atoms. The van der Waals surface area contributed by atoms with Gasteiger partial charge in [-0.15, -0.1) is 0 Å². The number of rotatable bonds is 3. The van der Waals surface area contributed by atoms with Gasteiger partial charge in [0, 0.05) is 12.6 Å². The van der Waals surface area contributed by atoms with Gasteiger partial charge in [-0.2, -0.15) is 0 Å². The summed E-state index contributed by atoms with van der Waals surface area (Å²) in [6.45, 7) is 7.54. The molecule has 0 amide bonds. The highest BCUT2D eigenvalue weighted by Crippen LogP contribution is 2.27. The Kier molecular flexibility index (Phi) is 4.19. The Hall–Kier alpha value is -0.860. The Labute approximate surface area is 105 Å². The summed E-state index contributed by atoms with van der Waals surface area (Å²) in [7, 11) is 0. The summed E-state index contributed by atoms with van der Waals surface area (Å²) in [6, 6.07) is 7.00. The molecule has 1 aromatic rings. The van der Waals surface area contributed by atoms with Crippen molar-refractivity contribution in [3.05, 3.63) is 34.9 Å². The molecule has 0 aromatic heterocycles. The van der Waals surface area contributed by atoms with Crippen molar-refractivity contribution in [2.45, 2.75) is 39.2 Å². The minimum Gasteiger partial charge on any atom is -0.329 e. The molecule has 0 spiro atoms. The van der Waals surface area contributed by atoms with Crippen LogP contribution in [0.4, 0.5) is 0 Å². The van der Waals surface area contributed by atoms with Gasteiger partial charge in [-0.1, -0.05) is 24.6 Å². The fraction of sp³-hybridized carbons (Fsp3) is 0.600. The van der Waals surface area contributed by atoms with Crippen LogP contribution in [0, 0.1) is 13.8 Å². The van der Waals surface area contributed by atoms with Gasteiger partial charge in [-0.3, -0.25) is 4.90 Å². The zero-order valence-corrected chi connectivity index (χ0v) is 11.1. The van der Waals surface area contributed by atoms with Gasteiger partial charge in [0.25, 0.3) is 0 Å². The van der Waals surface area contributed by atoms with Crippen LogP contribution in [0.2, 0.25) is 0 Å². The first-order chi connectivity index (χ1) is 8.24. The molecule has 0 aliphatic carbocycles. The van der Waals surface area contributed by atoms with E-state index in [2.05, 4.69) is 36.9 Å². The molecule has 0 saturated carbocycles. The zero-order valence-electron chi connectivity index (χ0n) is 11.1. The summed E-state index contributed by atoms with van der Waals surface area (Å²) in [6.07, 6.45) is 4.02. The Balaban J connectivity index is 2.24. The van der Waals surface area contributed by atoms with Crippen molar-refractivity contribution in [3.8, 4) is 0 Å². The third-order valence-electron chi connectivity index (χ3n) is 4.06. The quantitative estimate of drug-likeness (QED) is 0.868. The molecular formula is C15H24N2. The average molecular weight is 232 g/mol. The molecule has 2 N–H and O–H groups in total.